The maximum Gasteiger partial charge on any atom is -1.00 e. The van der Waals surface area contributed by atoms with E-state index in [-0.39, 0.29) is 50.6 Å². The third kappa shape index (κ3) is 4.46. The zero-order valence-electron chi connectivity index (χ0n) is 20.9. The van der Waals surface area contributed by atoms with Gasteiger partial charge in [0, 0.05) is 0 Å². The SMILES string of the molecule is CC1=C(C)[C]([Ti+3])([Si](c2cc(C)cc(C)c2)(C(C)(C)C)C(C)(C)C)C(C)=C1C.[Cl-].[Cl-].[Cl-]. The van der Waals surface area contributed by atoms with Crippen LogP contribution in [0.5, 0.6) is 0 Å². The summed E-state index contributed by atoms with van der Waals surface area (Å²) in [7, 11) is -2.15. The van der Waals surface area contributed by atoms with E-state index in [0.29, 0.717) is 0 Å². The third-order valence-electron chi connectivity index (χ3n) is 7.28. The van der Waals surface area contributed by atoms with Crippen LogP contribution >= 0.6 is 0 Å². The monoisotopic (exact) mass is 520 g/mol. The quantitative estimate of drug-likeness (QED) is 0.416. The predicted octanol–water partition coefficient (Wildman–Crippen LogP) is -1.50. The van der Waals surface area contributed by atoms with Crippen molar-refractivity contribution in [2.45, 2.75) is 96.5 Å². The minimum atomic E-state index is -2.15. The Morgan fingerprint density at radius 3 is 1.20 bits per heavy atom. The fourth-order valence-electron chi connectivity index (χ4n) is 6.49. The maximum absolute atomic E-state index is 2.58. The topological polar surface area (TPSA) is 0 Å². The van der Waals surface area contributed by atoms with Gasteiger partial charge in [0.1, 0.15) is 0 Å². The van der Waals surface area contributed by atoms with E-state index >= 15 is 0 Å². The number of allylic oxidation sites excluding steroid dienone is 4. The van der Waals surface area contributed by atoms with Crippen molar-refractivity contribution in [3.8, 4) is 0 Å². The van der Waals surface area contributed by atoms with Crippen molar-refractivity contribution in [3.63, 3.8) is 0 Å². The standard InChI is InChI=1S/C25H39Si.3ClH.Ti/c1-16-13-17(2)15-22(14-16)26(24(7,8)9,25(10,11)12)23-20(5)18(3)19(4)21(23)6;;;;/h13-15H,1-12H3;3*1H;/q;;;;+3/p-3. The van der Waals surface area contributed by atoms with Gasteiger partial charge in [0.25, 0.3) is 0 Å². The molecule has 0 unspecified atom stereocenters. The Kier molecular flexibility index (Phi) is 11.1. The van der Waals surface area contributed by atoms with Gasteiger partial charge in [0.05, 0.1) is 0 Å². The van der Waals surface area contributed by atoms with Crippen LogP contribution in [-0.2, 0) is 20.4 Å². The van der Waals surface area contributed by atoms with Crippen molar-refractivity contribution < 1.29 is 57.7 Å². The van der Waals surface area contributed by atoms with Crippen molar-refractivity contribution in [3.05, 3.63) is 51.6 Å². The second kappa shape index (κ2) is 10.2. The average Bonchev–Trinajstić information content (AvgIpc) is 2.60. The van der Waals surface area contributed by atoms with E-state index in [4.69, 9.17) is 0 Å². The molecule has 5 heteroatoms. The summed E-state index contributed by atoms with van der Waals surface area (Å²) < 4.78 is 0.123. The molecule has 0 heterocycles. The first-order valence-electron chi connectivity index (χ1n) is 10.2. The molecule has 0 aliphatic heterocycles. The van der Waals surface area contributed by atoms with Crippen LogP contribution in [0.1, 0.15) is 80.4 Å². The number of rotatable bonds is 2. The number of hydrogen-bond acceptors (Lipinski definition) is 0. The minimum absolute atomic E-state index is 0. The zero-order chi connectivity index (χ0) is 21.2. The summed E-state index contributed by atoms with van der Waals surface area (Å²) in [4.78, 5) is 0. The average molecular weight is 522 g/mol. The van der Waals surface area contributed by atoms with Crippen LogP contribution in [0.4, 0.5) is 0 Å². The molecule has 0 nitrogen and oxygen atoms in total. The van der Waals surface area contributed by atoms with Crippen molar-refractivity contribution in [2.75, 3.05) is 0 Å². The molecular weight excluding hydrogens is 483 g/mol. The molecule has 0 fully saturated rings. The molecule has 0 atom stereocenters. The van der Waals surface area contributed by atoms with E-state index in [1.54, 1.807) is 16.3 Å². The van der Waals surface area contributed by atoms with E-state index in [9.17, 15) is 0 Å². The molecule has 0 saturated heterocycles. The van der Waals surface area contributed by atoms with Gasteiger partial charge in [0.2, 0.25) is 0 Å². The summed E-state index contributed by atoms with van der Waals surface area (Å²) in [5.41, 5.74) is 9.04. The summed E-state index contributed by atoms with van der Waals surface area (Å²) in [5, 5.41) is 2.06. The number of halogens is 3. The maximum atomic E-state index is 2.58. The Bertz CT molecular complexity index is 781. The predicted molar refractivity (Wildman–Crippen MR) is 120 cm³/mol. The Labute approximate surface area is 217 Å². The summed E-state index contributed by atoms with van der Waals surface area (Å²) in [6.07, 6.45) is 0. The van der Waals surface area contributed by atoms with Gasteiger partial charge >= 0.3 is 182 Å². The fraction of sp³-hybridized carbons (Fsp3) is 0.600. The number of aryl methyl sites for hydroxylation is 2. The van der Waals surface area contributed by atoms with Crippen LogP contribution < -0.4 is 42.4 Å². The second-order valence-corrected chi connectivity index (χ2v) is 18.7. The van der Waals surface area contributed by atoms with Gasteiger partial charge in [-0.25, -0.2) is 0 Å². The van der Waals surface area contributed by atoms with Crippen LogP contribution in [0.2, 0.25) is 13.4 Å². The molecule has 0 bridgehead atoms. The van der Waals surface area contributed by atoms with Gasteiger partial charge < -0.3 is 37.2 Å². The van der Waals surface area contributed by atoms with Crippen molar-refractivity contribution in [2.24, 2.45) is 0 Å². The molecule has 0 spiro atoms. The molecule has 1 aliphatic carbocycles. The zero-order valence-corrected chi connectivity index (χ0v) is 25.7. The van der Waals surface area contributed by atoms with Gasteiger partial charge in [-0.3, -0.25) is 0 Å². The molecule has 2 rings (SSSR count). The van der Waals surface area contributed by atoms with Gasteiger partial charge in [0.15, 0.2) is 0 Å². The minimum Gasteiger partial charge on any atom is -1.00 e. The second-order valence-electron chi connectivity index (χ2n) is 10.9. The number of benzene rings is 1. The normalized spacial score (nSPS) is 16.7. The van der Waals surface area contributed by atoms with E-state index in [1.807, 2.05) is 0 Å². The molecule has 0 radical (unpaired) electrons. The van der Waals surface area contributed by atoms with Crippen LogP contribution in [0, 0.1) is 13.8 Å². The Morgan fingerprint density at radius 2 is 0.933 bits per heavy atom. The largest absolute Gasteiger partial charge is 1.00 e. The van der Waals surface area contributed by atoms with Gasteiger partial charge in [-0.05, 0) is 0 Å². The molecule has 0 saturated carbocycles. The molecule has 0 N–H and O–H groups in total. The van der Waals surface area contributed by atoms with Gasteiger partial charge in [-0.15, -0.1) is 0 Å². The molecule has 0 aromatic heterocycles. The number of hydrogen-bond donors (Lipinski definition) is 0. The van der Waals surface area contributed by atoms with E-state index in [2.05, 4.69) is 122 Å². The third-order valence-corrected chi connectivity index (χ3v) is 17.7. The fourth-order valence-corrected chi connectivity index (χ4v) is 20.3. The molecule has 0 amide bonds. The van der Waals surface area contributed by atoms with E-state index in [1.165, 1.54) is 22.3 Å². The van der Waals surface area contributed by atoms with Crippen LogP contribution in [0.15, 0.2) is 40.5 Å². The van der Waals surface area contributed by atoms with Gasteiger partial charge in [-0.2, -0.15) is 0 Å². The van der Waals surface area contributed by atoms with Crippen molar-refractivity contribution >= 4 is 13.3 Å². The van der Waals surface area contributed by atoms with E-state index < -0.39 is 8.07 Å². The summed E-state index contributed by atoms with van der Waals surface area (Å²) >= 11 is 2.58. The van der Waals surface area contributed by atoms with Crippen LogP contribution in [0.3, 0.4) is 0 Å². The Hall–Kier alpha value is 0.501. The Balaban J connectivity index is 0. The summed E-state index contributed by atoms with van der Waals surface area (Å²) in [6.45, 7) is 29.1. The van der Waals surface area contributed by atoms with Crippen molar-refractivity contribution in [1.82, 2.24) is 0 Å². The molecular formula is C25H39Cl3SiTi. The molecule has 1 aromatic carbocycles. The first kappa shape index (κ1) is 32.7. The molecule has 168 valence electrons. The molecule has 30 heavy (non-hydrogen) atoms. The molecule has 1 aromatic rings. The van der Waals surface area contributed by atoms with E-state index in [0.717, 1.165) is 0 Å². The summed E-state index contributed by atoms with van der Waals surface area (Å²) in [6, 6.07) is 7.36. The van der Waals surface area contributed by atoms with Crippen molar-refractivity contribution in [1.29, 1.82) is 0 Å². The summed E-state index contributed by atoms with van der Waals surface area (Å²) in [5.74, 6) is 0. The van der Waals surface area contributed by atoms with Crippen LogP contribution in [-0.4, -0.2) is 8.07 Å². The first-order valence-corrected chi connectivity index (χ1v) is 13.0. The molecule has 1 aliphatic rings. The Morgan fingerprint density at radius 1 is 0.633 bits per heavy atom. The first-order chi connectivity index (χ1) is 12.0. The van der Waals surface area contributed by atoms with Crippen LogP contribution in [0.25, 0.3) is 0 Å². The van der Waals surface area contributed by atoms with Gasteiger partial charge in [-0.1, -0.05) is 0 Å². The smallest absolute Gasteiger partial charge is 1.00 e.